The number of hydrogen-bond acceptors (Lipinski definition) is 3. The standard InChI is InChI=1S/C30H35BrN2O2S/c1-4-23(3)32-30(35)28(18-24-9-6-5-7-10-24)33(19-26-11-8-12-27(31)17-26)29(34)21-36-20-25-15-13-22(2)14-16-25/h5-17,23,28H,4,18-21H2,1-3H3,(H,32,35)/t23-,28+/m1/s1. The van der Waals surface area contributed by atoms with Gasteiger partial charge in [-0.05, 0) is 49.1 Å². The highest BCUT2D eigenvalue weighted by Gasteiger charge is 2.30. The smallest absolute Gasteiger partial charge is 0.243 e. The van der Waals surface area contributed by atoms with Gasteiger partial charge in [0.25, 0.3) is 0 Å². The summed E-state index contributed by atoms with van der Waals surface area (Å²) in [4.78, 5) is 29.0. The number of amides is 2. The second kappa shape index (κ2) is 14.2. The third-order valence-corrected chi connectivity index (χ3v) is 7.61. The first-order valence-electron chi connectivity index (χ1n) is 12.4. The van der Waals surface area contributed by atoms with Crippen LogP contribution in [-0.4, -0.2) is 34.6 Å². The zero-order valence-corrected chi connectivity index (χ0v) is 23.6. The molecule has 0 spiro atoms. The van der Waals surface area contributed by atoms with Crippen LogP contribution < -0.4 is 5.32 Å². The predicted octanol–water partition coefficient (Wildman–Crippen LogP) is 6.55. The minimum Gasteiger partial charge on any atom is -0.352 e. The van der Waals surface area contributed by atoms with E-state index in [9.17, 15) is 9.59 Å². The Morgan fingerprint density at radius 1 is 0.944 bits per heavy atom. The van der Waals surface area contributed by atoms with E-state index in [-0.39, 0.29) is 17.9 Å². The van der Waals surface area contributed by atoms with Crippen LogP contribution in [0.1, 0.15) is 42.5 Å². The van der Waals surface area contributed by atoms with E-state index >= 15 is 0 Å². The molecule has 3 aromatic carbocycles. The summed E-state index contributed by atoms with van der Waals surface area (Å²) >= 11 is 5.12. The first kappa shape index (κ1) is 28.0. The van der Waals surface area contributed by atoms with Gasteiger partial charge < -0.3 is 10.2 Å². The molecule has 2 atom stereocenters. The molecule has 6 heteroatoms. The second-order valence-corrected chi connectivity index (χ2v) is 11.1. The van der Waals surface area contributed by atoms with Gasteiger partial charge in [0, 0.05) is 29.2 Å². The lowest BCUT2D eigenvalue weighted by molar-refractivity contribution is -0.139. The topological polar surface area (TPSA) is 49.4 Å². The van der Waals surface area contributed by atoms with Crippen LogP contribution in [0.5, 0.6) is 0 Å². The zero-order valence-electron chi connectivity index (χ0n) is 21.2. The van der Waals surface area contributed by atoms with Crippen molar-refractivity contribution >= 4 is 39.5 Å². The van der Waals surface area contributed by atoms with Crippen LogP contribution in [0.4, 0.5) is 0 Å². The fraction of sp³-hybridized carbons (Fsp3) is 0.333. The van der Waals surface area contributed by atoms with Crippen molar-refractivity contribution in [3.05, 3.63) is 106 Å². The number of nitrogens with one attached hydrogen (secondary N) is 1. The summed E-state index contributed by atoms with van der Waals surface area (Å²) < 4.78 is 0.949. The van der Waals surface area contributed by atoms with E-state index in [2.05, 4.69) is 52.4 Å². The SMILES string of the molecule is CC[C@@H](C)NC(=O)[C@H](Cc1ccccc1)N(Cc1cccc(Br)c1)C(=O)CSCc1ccc(C)cc1. The molecule has 0 saturated heterocycles. The summed E-state index contributed by atoms with van der Waals surface area (Å²) in [6.07, 6.45) is 1.29. The second-order valence-electron chi connectivity index (χ2n) is 9.15. The van der Waals surface area contributed by atoms with Crippen LogP contribution >= 0.6 is 27.7 Å². The predicted molar refractivity (Wildman–Crippen MR) is 154 cm³/mol. The molecular formula is C30H35BrN2O2S. The molecule has 4 nitrogen and oxygen atoms in total. The first-order chi connectivity index (χ1) is 17.4. The number of rotatable bonds is 12. The lowest BCUT2D eigenvalue weighted by atomic mass is 10.0. The van der Waals surface area contributed by atoms with Crippen molar-refractivity contribution in [2.75, 3.05) is 5.75 Å². The van der Waals surface area contributed by atoms with E-state index in [4.69, 9.17) is 0 Å². The summed E-state index contributed by atoms with van der Waals surface area (Å²) in [7, 11) is 0. The van der Waals surface area contributed by atoms with Gasteiger partial charge in [-0.3, -0.25) is 9.59 Å². The van der Waals surface area contributed by atoms with Crippen molar-refractivity contribution < 1.29 is 9.59 Å². The monoisotopic (exact) mass is 566 g/mol. The molecule has 0 heterocycles. The van der Waals surface area contributed by atoms with E-state index in [1.54, 1.807) is 16.7 Å². The number of carbonyl (C=O) groups excluding carboxylic acids is 2. The molecule has 0 radical (unpaired) electrons. The molecule has 36 heavy (non-hydrogen) atoms. The largest absolute Gasteiger partial charge is 0.352 e. The molecule has 0 unspecified atom stereocenters. The number of carbonyl (C=O) groups is 2. The summed E-state index contributed by atoms with van der Waals surface area (Å²) in [6.45, 7) is 6.48. The summed E-state index contributed by atoms with van der Waals surface area (Å²) in [5, 5.41) is 3.12. The Kier molecular flexibility index (Phi) is 11.1. The van der Waals surface area contributed by atoms with E-state index in [0.717, 1.165) is 27.8 Å². The minimum absolute atomic E-state index is 0.0349. The van der Waals surface area contributed by atoms with Gasteiger partial charge in [-0.2, -0.15) is 0 Å². The van der Waals surface area contributed by atoms with Gasteiger partial charge in [0.05, 0.1) is 5.75 Å². The van der Waals surface area contributed by atoms with Crippen molar-refractivity contribution in [3.63, 3.8) is 0 Å². The third kappa shape index (κ3) is 8.82. The number of aryl methyl sites for hydroxylation is 1. The third-order valence-electron chi connectivity index (χ3n) is 6.13. The van der Waals surface area contributed by atoms with Gasteiger partial charge >= 0.3 is 0 Å². The molecule has 0 bridgehead atoms. The van der Waals surface area contributed by atoms with Gasteiger partial charge in [-0.25, -0.2) is 0 Å². The summed E-state index contributed by atoms with van der Waals surface area (Å²) in [5.74, 6) is 0.913. The zero-order chi connectivity index (χ0) is 25.9. The van der Waals surface area contributed by atoms with Gasteiger partial charge in [0.2, 0.25) is 11.8 Å². The number of nitrogens with zero attached hydrogens (tertiary/aromatic N) is 1. The minimum atomic E-state index is -0.604. The maximum atomic E-state index is 13.7. The number of hydrogen-bond donors (Lipinski definition) is 1. The van der Waals surface area contributed by atoms with Crippen LogP contribution in [0, 0.1) is 6.92 Å². The van der Waals surface area contributed by atoms with Crippen molar-refractivity contribution in [2.45, 2.75) is 58.0 Å². The van der Waals surface area contributed by atoms with E-state index in [0.29, 0.717) is 18.7 Å². The van der Waals surface area contributed by atoms with E-state index < -0.39 is 6.04 Å². The molecule has 0 aliphatic carbocycles. The van der Waals surface area contributed by atoms with Crippen molar-refractivity contribution in [1.82, 2.24) is 10.2 Å². The average Bonchev–Trinajstić information content (AvgIpc) is 2.87. The number of thioether (sulfide) groups is 1. The normalized spacial score (nSPS) is 12.6. The highest BCUT2D eigenvalue weighted by molar-refractivity contribution is 9.10. The van der Waals surface area contributed by atoms with Crippen LogP contribution in [0.25, 0.3) is 0 Å². The molecule has 190 valence electrons. The van der Waals surface area contributed by atoms with Gasteiger partial charge in [0.1, 0.15) is 6.04 Å². The van der Waals surface area contributed by atoms with Crippen LogP contribution in [0.2, 0.25) is 0 Å². The van der Waals surface area contributed by atoms with Gasteiger partial charge in [0.15, 0.2) is 0 Å². The average molecular weight is 568 g/mol. The van der Waals surface area contributed by atoms with Crippen molar-refractivity contribution in [2.24, 2.45) is 0 Å². The maximum Gasteiger partial charge on any atom is 0.243 e. The molecule has 1 N–H and O–H groups in total. The van der Waals surface area contributed by atoms with Crippen LogP contribution in [-0.2, 0) is 28.3 Å². The first-order valence-corrected chi connectivity index (χ1v) is 14.3. The molecule has 0 saturated carbocycles. The Balaban J connectivity index is 1.85. The molecule has 0 aliphatic heterocycles. The summed E-state index contributed by atoms with van der Waals surface area (Å²) in [6, 6.07) is 25.7. The number of halogens is 1. The Labute approximate surface area is 228 Å². The van der Waals surface area contributed by atoms with Crippen molar-refractivity contribution in [3.8, 4) is 0 Å². The number of benzene rings is 3. The van der Waals surface area contributed by atoms with E-state index in [1.165, 1.54) is 11.1 Å². The summed E-state index contributed by atoms with van der Waals surface area (Å²) in [5.41, 5.74) is 4.42. The van der Waals surface area contributed by atoms with E-state index in [1.807, 2.05) is 68.4 Å². The Hall–Kier alpha value is -2.57. The highest BCUT2D eigenvalue weighted by Crippen LogP contribution is 2.20. The van der Waals surface area contributed by atoms with Gasteiger partial charge in [-0.15, -0.1) is 11.8 Å². The molecule has 0 aromatic heterocycles. The Morgan fingerprint density at radius 3 is 2.31 bits per heavy atom. The molecule has 0 aliphatic rings. The Morgan fingerprint density at radius 2 is 1.64 bits per heavy atom. The van der Waals surface area contributed by atoms with Crippen LogP contribution in [0.15, 0.2) is 83.3 Å². The lowest BCUT2D eigenvalue weighted by Crippen LogP contribution is -2.52. The Bertz CT molecular complexity index is 1120. The molecule has 3 aromatic rings. The fourth-order valence-electron chi connectivity index (χ4n) is 3.85. The quantitative estimate of drug-likeness (QED) is 0.270. The van der Waals surface area contributed by atoms with Crippen molar-refractivity contribution in [1.29, 1.82) is 0 Å². The molecule has 3 rings (SSSR count). The van der Waals surface area contributed by atoms with Crippen LogP contribution in [0.3, 0.4) is 0 Å². The molecule has 0 fully saturated rings. The molecular weight excluding hydrogens is 532 g/mol. The lowest BCUT2D eigenvalue weighted by Gasteiger charge is -2.32. The maximum absolute atomic E-state index is 13.7. The fourth-order valence-corrected chi connectivity index (χ4v) is 5.17. The highest BCUT2D eigenvalue weighted by atomic mass is 79.9. The molecule has 2 amide bonds. The van der Waals surface area contributed by atoms with Gasteiger partial charge in [-0.1, -0.05) is 95.1 Å².